The molecule has 1 aromatic carbocycles. The molecule has 2 atom stereocenters. The highest BCUT2D eigenvalue weighted by Gasteiger charge is 2.39. The van der Waals surface area contributed by atoms with E-state index in [2.05, 4.69) is 23.8 Å². The molecular weight excluding hydrogens is 288 g/mol. The van der Waals surface area contributed by atoms with E-state index >= 15 is 0 Å². The minimum absolute atomic E-state index is 0.0812. The predicted molar refractivity (Wildman–Crippen MR) is 84.9 cm³/mol. The molecule has 0 aliphatic heterocycles. The summed E-state index contributed by atoms with van der Waals surface area (Å²) in [6.45, 7) is 4.53. The topological polar surface area (TPSA) is 65.7 Å². The molecule has 2 unspecified atom stereocenters. The number of aromatic nitrogens is 2. The van der Waals surface area contributed by atoms with Crippen LogP contribution in [0.3, 0.4) is 0 Å². The third kappa shape index (κ3) is 2.53. The lowest BCUT2D eigenvalue weighted by molar-refractivity contribution is 0.252. The molecule has 0 spiro atoms. The van der Waals surface area contributed by atoms with Gasteiger partial charge in [-0.2, -0.15) is 0 Å². The van der Waals surface area contributed by atoms with Crippen LogP contribution >= 0.6 is 11.6 Å². The number of nitrogens with one attached hydrogen (secondary N) is 2. The van der Waals surface area contributed by atoms with Gasteiger partial charge in [0.25, 0.3) is 0 Å². The first kappa shape index (κ1) is 14.4. The van der Waals surface area contributed by atoms with Crippen LogP contribution in [0.15, 0.2) is 27.8 Å². The molecule has 5 heteroatoms. The zero-order valence-corrected chi connectivity index (χ0v) is 13.0. The van der Waals surface area contributed by atoms with Gasteiger partial charge < -0.3 is 9.97 Å². The number of benzene rings is 1. The minimum Gasteiger partial charge on any atom is -0.316 e. The van der Waals surface area contributed by atoms with E-state index in [1.165, 1.54) is 12.8 Å². The molecular formula is C16H19ClN2O2. The van der Waals surface area contributed by atoms with E-state index in [0.29, 0.717) is 17.0 Å². The van der Waals surface area contributed by atoms with Gasteiger partial charge in [-0.1, -0.05) is 26.3 Å². The Hall–Kier alpha value is -1.55. The molecule has 112 valence electrons. The summed E-state index contributed by atoms with van der Waals surface area (Å²) in [6, 6.07) is 5.61. The largest absolute Gasteiger partial charge is 0.316 e. The van der Waals surface area contributed by atoms with E-state index < -0.39 is 11.1 Å². The summed E-state index contributed by atoms with van der Waals surface area (Å²) < 4.78 is 0. The van der Waals surface area contributed by atoms with Gasteiger partial charge >= 0.3 is 11.1 Å². The van der Waals surface area contributed by atoms with E-state index in [1.54, 1.807) is 6.07 Å². The summed E-state index contributed by atoms with van der Waals surface area (Å²) in [4.78, 5) is 27.9. The number of hydrogen-bond donors (Lipinski definition) is 2. The Morgan fingerprint density at radius 2 is 1.86 bits per heavy atom. The minimum atomic E-state index is -0.632. The van der Waals surface area contributed by atoms with Crippen molar-refractivity contribution in [2.45, 2.75) is 38.5 Å². The molecule has 1 aromatic heterocycles. The molecule has 21 heavy (non-hydrogen) atoms. The van der Waals surface area contributed by atoms with E-state index in [-0.39, 0.29) is 10.8 Å². The van der Waals surface area contributed by atoms with Gasteiger partial charge in [0.05, 0.1) is 16.4 Å². The van der Waals surface area contributed by atoms with Gasteiger partial charge in [-0.05, 0) is 41.9 Å². The number of hydrogen-bond acceptors (Lipinski definition) is 2. The van der Waals surface area contributed by atoms with Crippen molar-refractivity contribution >= 4 is 22.6 Å². The molecule has 0 amide bonds. The fourth-order valence-corrected chi connectivity index (χ4v) is 4.04. The summed E-state index contributed by atoms with van der Waals surface area (Å²) in [5, 5.41) is -0.0812. The number of alkyl halides is 1. The molecule has 0 saturated heterocycles. The van der Waals surface area contributed by atoms with Gasteiger partial charge in [0.2, 0.25) is 0 Å². The van der Waals surface area contributed by atoms with Crippen LogP contribution in [0, 0.1) is 11.3 Å². The second-order valence-electron chi connectivity index (χ2n) is 6.60. The number of H-pyrrole nitrogens is 2. The molecule has 0 radical (unpaired) electrons. The van der Waals surface area contributed by atoms with E-state index in [1.807, 2.05) is 12.1 Å². The van der Waals surface area contributed by atoms with E-state index in [9.17, 15) is 9.59 Å². The van der Waals surface area contributed by atoms with Gasteiger partial charge in [0.1, 0.15) is 0 Å². The molecule has 1 saturated carbocycles. The highest BCUT2D eigenvalue weighted by molar-refractivity contribution is 6.21. The number of rotatable bonds is 2. The Morgan fingerprint density at radius 1 is 1.19 bits per heavy atom. The van der Waals surface area contributed by atoms with Gasteiger partial charge in [0, 0.05) is 0 Å². The molecule has 3 rings (SSSR count). The highest BCUT2D eigenvalue weighted by Crippen LogP contribution is 2.51. The average Bonchev–Trinajstić information content (AvgIpc) is 2.78. The van der Waals surface area contributed by atoms with Crippen molar-refractivity contribution in [3.63, 3.8) is 0 Å². The normalized spacial score (nSPS) is 22.5. The van der Waals surface area contributed by atoms with Crippen molar-refractivity contribution in [3.05, 3.63) is 44.5 Å². The van der Waals surface area contributed by atoms with Gasteiger partial charge in [-0.3, -0.25) is 9.59 Å². The van der Waals surface area contributed by atoms with Gasteiger partial charge in [-0.25, -0.2) is 0 Å². The Bertz CT molecular complexity index is 791. The van der Waals surface area contributed by atoms with Crippen LogP contribution in [-0.4, -0.2) is 9.97 Å². The maximum atomic E-state index is 11.4. The molecule has 1 aliphatic carbocycles. The second-order valence-corrected chi connectivity index (χ2v) is 7.07. The number of aromatic amines is 2. The molecule has 2 aromatic rings. The third-order valence-electron chi connectivity index (χ3n) is 4.76. The summed E-state index contributed by atoms with van der Waals surface area (Å²) >= 11 is 6.70. The van der Waals surface area contributed by atoms with Crippen LogP contribution in [0.2, 0.25) is 0 Å². The maximum absolute atomic E-state index is 11.4. The van der Waals surface area contributed by atoms with Crippen LogP contribution in [0.5, 0.6) is 0 Å². The number of halogens is 1. The van der Waals surface area contributed by atoms with Crippen LogP contribution in [0.25, 0.3) is 11.0 Å². The van der Waals surface area contributed by atoms with Crippen LogP contribution in [0.1, 0.15) is 44.1 Å². The molecule has 2 N–H and O–H groups in total. The number of fused-ring (bicyclic) bond motifs is 1. The molecule has 0 bridgehead atoms. The summed E-state index contributed by atoms with van der Waals surface area (Å²) in [5.41, 5.74) is 1.21. The quantitative estimate of drug-likeness (QED) is 0.660. The van der Waals surface area contributed by atoms with Crippen molar-refractivity contribution in [1.29, 1.82) is 0 Å². The van der Waals surface area contributed by atoms with Gasteiger partial charge in [-0.15, -0.1) is 11.6 Å². The SMILES string of the molecule is CC1(C)CCCC1C(Cl)c1ccc2[nH]c(=O)c(=O)[nH]c2c1. The van der Waals surface area contributed by atoms with Crippen LogP contribution in [-0.2, 0) is 0 Å². The van der Waals surface area contributed by atoms with E-state index in [4.69, 9.17) is 11.6 Å². The fraction of sp³-hybridized carbons (Fsp3) is 0.500. The Kier molecular flexibility index (Phi) is 3.44. The monoisotopic (exact) mass is 306 g/mol. The highest BCUT2D eigenvalue weighted by atomic mass is 35.5. The summed E-state index contributed by atoms with van der Waals surface area (Å²) in [5.74, 6) is 0.422. The fourth-order valence-electron chi connectivity index (χ4n) is 3.43. The third-order valence-corrected chi connectivity index (χ3v) is 5.31. The smallest absolute Gasteiger partial charge is 0.314 e. The first-order valence-electron chi connectivity index (χ1n) is 7.29. The predicted octanol–water partition coefficient (Wildman–Crippen LogP) is 3.32. The molecule has 4 nitrogen and oxygen atoms in total. The Labute approximate surface area is 127 Å². The second kappa shape index (κ2) is 5.02. The lowest BCUT2D eigenvalue weighted by atomic mass is 9.78. The zero-order valence-electron chi connectivity index (χ0n) is 12.2. The van der Waals surface area contributed by atoms with Gasteiger partial charge in [0.15, 0.2) is 0 Å². The first-order chi connectivity index (χ1) is 9.88. The average molecular weight is 307 g/mol. The standard InChI is InChI=1S/C16H19ClN2O2/c1-16(2)7-3-4-10(16)13(17)9-5-6-11-12(8-9)19-15(21)14(20)18-11/h5-6,8,10,13H,3-4,7H2,1-2H3,(H,18,20)(H,19,21). The lowest BCUT2D eigenvalue weighted by Crippen LogP contribution is -2.29. The zero-order chi connectivity index (χ0) is 15.2. The Morgan fingerprint density at radius 3 is 2.48 bits per heavy atom. The molecule has 1 heterocycles. The maximum Gasteiger partial charge on any atom is 0.314 e. The van der Waals surface area contributed by atoms with E-state index in [0.717, 1.165) is 12.0 Å². The van der Waals surface area contributed by atoms with Crippen LogP contribution < -0.4 is 11.1 Å². The van der Waals surface area contributed by atoms with Crippen molar-refractivity contribution in [3.8, 4) is 0 Å². The molecule has 1 fully saturated rings. The van der Waals surface area contributed by atoms with Crippen molar-refractivity contribution in [2.24, 2.45) is 11.3 Å². The summed E-state index contributed by atoms with van der Waals surface area (Å²) in [6.07, 6.45) is 3.53. The molecule has 1 aliphatic rings. The Balaban J connectivity index is 2.03. The van der Waals surface area contributed by atoms with Crippen molar-refractivity contribution in [1.82, 2.24) is 9.97 Å². The van der Waals surface area contributed by atoms with Crippen molar-refractivity contribution in [2.75, 3.05) is 0 Å². The van der Waals surface area contributed by atoms with Crippen LogP contribution in [0.4, 0.5) is 0 Å². The first-order valence-corrected chi connectivity index (χ1v) is 7.72. The van der Waals surface area contributed by atoms with Crippen molar-refractivity contribution < 1.29 is 0 Å². The summed E-state index contributed by atoms with van der Waals surface area (Å²) in [7, 11) is 0. The lowest BCUT2D eigenvalue weighted by Gasteiger charge is -2.31.